The van der Waals surface area contributed by atoms with Crippen molar-refractivity contribution in [1.29, 1.82) is 0 Å². The van der Waals surface area contributed by atoms with Gasteiger partial charge in [0.1, 0.15) is 10.4 Å². The van der Waals surface area contributed by atoms with Crippen LogP contribution < -0.4 is 0 Å². The smallest absolute Gasteiger partial charge is 0.326 e. The molecule has 1 fully saturated rings. The number of thiocarbonyl (C=S) groups is 1. The Labute approximate surface area is 145 Å². The molecule has 1 heterocycles. The number of rotatable bonds is 5. The Morgan fingerprint density at radius 1 is 1.35 bits per heavy atom. The molecule has 1 aliphatic rings. The minimum Gasteiger partial charge on any atom is -0.480 e. The number of thioether (sulfide) groups is 1. The number of carboxylic acid groups (broad SMARTS) is 1. The Morgan fingerprint density at radius 3 is 2.43 bits per heavy atom. The fourth-order valence-corrected chi connectivity index (χ4v) is 3.70. The molecule has 1 saturated heterocycles. The molecule has 0 aromatic heterocycles. The number of carbonyl (C=O) groups excluding carboxylic acids is 1. The summed E-state index contributed by atoms with van der Waals surface area (Å²) < 4.78 is 0.300. The molecule has 1 aliphatic heterocycles. The van der Waals surface area contributed by atoms with E-state index in [1.165, 1.54) is 10.5 Å². The van der Waals surface area contributed by atoms with Crippen LogP contribution >= 0.6 is 24.0 Å². The zero-order chi connectivity index (χ0) is 17.1. The zero-order valence-corrected chi connectivity index (χ0v) is 14.9. The van der Waals surface area contributed by atoms with Crippen molar-refractivity contribution in [2.45, 2.75) is 39.2 Å². The number of benzene rings is 1. The van der Waals surface area contributed by atoms with Crippen molar-refractivity contribution >= 4 is 46.3 Å². The molecule has 2 rings (SSSR count). The molecule has 4 nitrogen and oxygen atoms in total. The molecule has 0 aliphatic carbocycles. The van der Waals surface area contributed by atoms with Crippen LogP contribution in [0.4, 0.5) is 0 Å². The number of amides is 1. The largest absolute Gasteiger partial charge is 0.480 e. The lowest BCUT2D eigenvalue weighted by Crippen LogP contribution is -2.43. The van der Waals surface area contributed by atoms with Gasteiger partial charge in [-0.2, -0.15) is 0 Å². The minimum atomic E-state index is -1.04. The van der Waals surface area contributed by atoms with Gasteiger partial charge in [0.05, 0.1) is 4.91 Å². The van der Waals surface area contributed by atoms with E-state index < -0.39 is 12.0 Å². The maximum atomic E-state index is 12.5. The van der Waals surface area contributed by atoms with Gasteiger partial charge in [0.25, 0.3) is 5.91 Å². The van der Waals surface area contributed by atoms with Crippen LogP contribution in [0.25, 0.3) is 6.08 Å². The fraction of sp³-hybridized carbons (Fsp3) is 0.353. The van der Waals surface area contributed by atoms with Gasteiger partial charge in [-0.3, -0.25) is 9.69 Å². The van der Waals surface area contributed by atoms with Gasteiger partial charge in [-0.25, -0.2) is 4.79 Å². The number of hydrogen-bond acceptors (Lipinski definition) is 4. The molecule has 6 heteroatoms. The van der Waals surface area contributed by atoms with E-state index in [9.17, 15) is 14.7 Å². The summed E-state index contributed by atoms with van der Waals surface area (Å²) in [5.74, 6) is -0.920. The van der Waals surface area contributed by atoms with Crippen LogP contribution in [0.1, 0.15) is 44.2 Å². The van der Waals surface area contributed by atoms with Gasteiger partial charge >= 0.3 is 5.97 Å². The van der Waals surface area contributed by atoms with Crippen LogP contribution in [-0.4, -0.2) is 32.2 Å². The summed E-state index contributed by atoms with van der Waals surface area (Å²) in [7, 11) is 0. The van der Waals surface area contributed by atoms with E-state index in [1.54, 1.807) is 13.0 Å². The first-order valence-corrected chi connectivity index (χ1v) is 8.67. The van der Waals surface area contributed by atoms with Gasteiger partial charge in [-0.15, -0.1) is 0 Å². The third kappa shape index (κ3) is 3.82. The Morgan fingerprint density at radius 2 is 1.96 bits per heavy atom. The lowest BCUT2D eigenvalue weighted by molar-refractivity contribution is -0.145. The lowest BCUT2D eigenvalue weighted by atomic mass is 10.0. The Bertz CT molecular complexity index is 665. The van der Waals surface area contributed by atoms with E-state index in [0.717, 1.165) is 17.3 Å². The van der Waals surface area contributed by atoms with Crippen LogP contribution in [0.3, 0.4) is 0 Å². The highest BCUT2D eigenvalue weighted by molar-refractivity contribution is 8.26. The number of carbonyl (C=O) groups is 2. The fourth-order valence-electron chi connectivity index (χ4n) is 2.34. The number of aliphatic carboxylic acids is 1. The average molecular weight is 349 g/mol. The molecule has 1 unspecified atom stereocenters. The lowest BCUT2D eigenvalue weighted by Gasteiger charge is -2.21. The first kappa shape index (κ1) is 17.7. The molecule has 0 radical (unpaired) electrons. The van der Waals surface area contributed by atoms with Gasteiger partial charge < -0.3 is 5.11 Å². The molecular weight excluding hydrogens is 330 g/mol. The molecule has 1 aromatic carbocycles. The van der Waals surface area contributed by atoms with Gasteiger partial charge in [0.15, 0.2) is 0 Å². The molecule has 1 N–H and O–H groups in total. The van der Waals surface area contributed by atoms with Gasteiger partial charge in [-0.1, -0.05) is 69.0 Å². The maximum Gasteiger partial charge on any atom is 0.326 e. The average Bonchev–Trinajstić information content (AvgIpc) is 2.76. The summed E-state index contributed by atoms with van der Waals surface area (Å²) in [5, 5.41) is 9.25. The third-order valence-electron chi connectivity index (χ3n) is 3.71. The van der Waals surface area contributed by atoms with Crippen LogP contribution in [0.5, 0.6) is 0 Å². The van der Waals surface area contributed by atoms with Crippen molar-refractivity contribution in [2.24, 2.45) is 0 Å². The highest BCUT2D eigenvalue weighted by atomic mass is 32.2. The van der Waals surface area contributed by atoms with E-state index in [0.29, 0.717) is 21.6 Å². The van der Waals surface area contributed by atoms with Crippen molar-refractivity contribution in [3.63, 3.8) is 0 Å². The molecular formula is C17H19NO3S2. The maximum absolute atomic E-state index is 12.5. The first-order valence-electron chi connectivity index (χ1n) is 7.45. The summed E-state index contributed by atoms with van der Waals surface area (Å²) in [6.45, 7) is 5.97. The predicted molar refractivity (Wildman–Crippen MR) is 97.3 cm³/mol. The first-order chi connectivity index (χ1) is 10.8. The molecule has 1 aromatic rings. The van der Waals surface area contributed by atoms with Crippen molar-refractivity contribution in [3.8, 4) is 0 Å². The second-order valence-electron chi connectivity index (χ2n) is 5.64. The number of carboxylic acids is 1. The molecule has 1 atom stereocenters. The third-order valence-corrected chi connectivity index (χ3v) is 5.04. The predicted octanol–water partition coefficient (Wildman–Crippen LogP) is 3.87. The van der Waals surface area contributed by atoms with E-state index in [1.807, 2.05) is 24.3 Å². The quantitative estimate of drug-likeness (QED) is 0.646. The normalized spacial score (nSPS) is 18.1. The minimum absolute atomic E-state index is 0.300. The number of nitrogens with zero attached hydrogens (tertiary/aromatic N) is 1. The summed E-state index contributed by atoms with van der Waals surface area (Å²) in [6, 6.07) is 7.07. The van der Waals surface area contributed by atoms with Crippen molar-refractivity contribution in [2.75, 3.05) is 0 Å². The molecule has 0 saturated carbocycles. The van der Waals surface area contributed by atoms with Gasteiger partial charge in [0.2, 0.25) is 0 Å². The highest BCUT2D eigenvalue weighted by Crippen LogP contribution is 2.34. The van der Waals surface area contributed by atoms with Gasteiger partial charge in [-0.05, 0) is 29.5 Å². The van der Waals surface area contributed by atoms with E-state index in [4.69, 9.17) is 12.2 Å². The van der Waals surface area contributed by atoms with Crippen molar-refractivity contribution < 1.29 is 14.7 Å². The van der Waals surface area contributed by atoms with Crippen LogP contribution in [0.15, 0.2) is 29.2 Å². The van der Waals surface area contributed by atoms with E-state index in [2.05, 4.69) is 13.8 Å². The van der Waals surface area contributed by atoms with Crippen molar-refractivity contribution in [1.82, 2.24) is 4.90 Å². The zero-order valence-electron chi connectivity index (χ0n) is 13.3. The Hall–Kier alpha value is -1.66. The molecule has 23 heavy (non-hydrogen) atoms. The summed E-state index contributed by atoms with van der Waals surface area (Å²) in [5.41, 5.74) is 2.13. The second-order valence-corrected chi connectivity index (χ2v) is 7.31. The van der Waals surface area contributed by atoms with Gasteiger partial charge in [0, 0.05) is 0 Å². The molecule has 0 spiro atoms. The number of hydrogen-bond donors (Lipinski definition) is 1. The second kappa shape index (κ2) is 7.27. The van der Waals surface area contributed by atoms with E-state index in [-0.39, 0.29) is 5.91 Å². The highest BCUT2D eigenvalue weighted by Gasteiger charge is 2.39. The van der Waals surface area contributed by atoms with E-state index >= 15 is 0 Å². The molecule has 1 amide bonds. The Balaban J connectivity index is 2.26. The van der Waals surface area contributed by atoms with Crippen LogP contribution in [-0.2, 0) is 9.59 Å². The monoisotopic (exact) mass is 349 g/mol. The van der Waals surface area contributed by atoms with Crippen LogP contribution in [0.2, 0.25) is 0 Å². The topological polar surface area (TPSA) is 57.6 Å². The summed E-state index contributed by atoms with van der Waals surface area (Å²) in [4.78, 5) is 25.4. The van der Waals surface area contributed by atoms with Crippen molar-refractivity contribution in [3.05, 3.63) is 40.3 Å². The standard InChI is InChI=1S/C17H19NO3S2/c1-4-13(16(20)21)18-15(19)14(23-17(18)22)9-11-5-7-12(8-6-11)10(2)3/h5-10,13H,4H2,1-3H3,(H,20,21). The summed E-state index contributed by atoms with van der Waals surface area (Å²) in [6.07, 6.45) is 2.08. The SMILES string of the molecule is CCC(C(=O)O)N1C(=O)C(=Cc2ccc(C(C)C)cc2)SC1=S. The Kier molecular flexibility index (Phi) is 5.59. The molecule has 122 valence electrons. The molecule has 0 bridgehead atoms. The van der Waals surface area contributed by atoms with Crippen LogP contribution in [0, 0.1) is 0 Å². The summed E-state index contributed by atoms with van der Waals surface area (Å²) >= 11 is 6.35.